The number of hydrogen-bond acceptors (Lipinski definition) is 5. The van der Waals surface area contributed by atoms with Gasteiger partial charge in [-0.1, -0.05) is 28.0 Å². The number of amidine groups is 1. The molecule has 143 valence electrons. The Kier molecular flexibility index (Phi) is 7.49. The Morgan fingerprint density at radius 1 is 1.36 bits per heavy atom. The first kappa shape index (κ1) is 20.9. The molecule has 25 heavy (non-hydrogen) atoms. The van der Waals surface area contributed by atoms with Crippen LogP contribution in [0.25, 0.3) is 0 Å². The summed E-state index contributed by atoms with van der Waals surface area (Å²) >= 11 is 0. The molecule has 0 spiro atoms. The number of rotatable bonds is 8. The summed E-state index contributed by atoms with van der Waals surface area (Å²) in [5, 5.41) is 20.2. The number of nitrogens with one attached hydrogen (secondary N) is 2. The molecule has 0 aromatic carbocycles. The summed E-state index contributed by atoms with van der Waals surface area (Å²) in [5.41, 5.74) is -1.31. The molecule has 0 aromatic heterocycles. The second kappa shape index (κ2) is 8.97. The fourth-order valence-electron chi connectivity index (χ4n) is 3.19. The third kappa shape index (κ3) is 5.77. The van der Waals surface area contributed by atoms with Gasteiger partial charge in [0.1, 0.15) is 17.0 Å². The number of unbranched alkanes of at least 4 members (excludes halogenated alkanes) is 1. The van der Waals surface area contributed by atoms with Crippen LogP contribution in [0.2, 0.25) is 0 Å². The topological polar surface area (TPSA) is 76.6 Å². The van der Waals surface area contributed by atoms with Crippen molar-refractivity contribution in [3.05, 3.63) is 0 Å². The number of carbonyl (C=O) groups is 1. The van der Waals surface area contributed by atoms with E-state index in [1.54, 1.807) is 0 Å². The average Bonchev–Trinajstić information content (AvgIpc) is 3.11. The van der Waals surface area contributed by atoms with Crippen LogP contribution >= 0.6 is 21.6 Å². The summed E-state index contributed by atoms with van der Waals surface area (Å²) in [4.78, 5) is 16.4. The van der Waals surface area contributed by atoms with E-state index in [0.29, 0.717) is 25.3 Å². The second-order valence-corrected chi connectivity index (χ2v) is 10.5. The highest BCUT2D eigenvalue weighted by Crippen LogP contribution is 2.39. The summed E-state index contributed by atoms with van der Waals surface area (Å²) in [7, 11) is 3.97. The van der Waals surface area contributed by atoms with E-state index in [0.717, 1.165) is 23.2 Å². The van der Waals surface area contributed by atoms with E-state index in [1.807, 2.05) is 49.3 Å². The monoisotopic (exact) mass is 387 g/mol. The summed E-state index contributed by atoms with van der Waals surface area (Å²) in [6.45, 7) is 8.40. The standard InChI is InChI=1S/C17H31N4O2S2/c1-16(2)15(20-17(3,4)21(16)23)19-11-10-18-14(22)8-6-5-7-13-9-12-24-25-13/h13H,5-12H2,1-4H3,(H,18,22)(H,19,20)/t13-/m1/s1. The van der Waals surface area contributed by atoms with Crippen molar-refractivity contribution in [2.45, 2.75) is 76.3 Å². The number of carbonyl (C=O) groups excluding carboxylic acids is 1. The molecule has 2 fully saturated rings. The van der Waals surface area contributed by atoms with Gasteiger partial charge in [-0.15, -0.1) is 10.3 Å². The molecule has 0 aliphatic carbocycles. The molecule has 2 saturated heterocycles. The van der Waals surface area contributed by atoms with Gasteiger partial charge in [-0.25, -0.2) is 0 Å². The summed E-state index contributed by atoms with van der Waals surface area (Å²) < 4.78 is 0. The quantitative estimate of drug-likeness (QED) is 0.495. The zero-order chi connectivity index (χ0) is 18.5. The molecule has 0 bridgehead atoms. The first-order valence-corrected chi connectivity index (χ1v) is 11.5. The van der Waals surface area contributed by atoms with Gasteiger partial charge < -0.3 is 10.6 Å². The van der Waals surface area contributed by atoms with Crippen LogP contribution < -0.4 is 10.6 Å². The van der Waals surface area contributed by atoms with Gasteiger partial charge >= 0.3 is 0 Å². The van der Waals surface area contributed by atoms with Crippen molar-refractivity contribution in [1.82, 2.24) is 15.7 Å². The Morgan fingerprint density at radius 3 is 2.72 bits per heavy atom. The SMILES string of the molecule is CC1(C)NC(=NCCNC(=O)CCCC[C@@H]2CCSS2)C(C)(C)N1[O]. The summed E-state index contributed by atoms with van der Waals surface area (Å²) in [6, 6.07) is 0. The molecule has 2 rings (SSSR count). The number of hydroxylamine groups is 2. The number of aliphatic imine (C=N–C) groups is 1. The van der Waals surface area contributed by atoms with Crippen molar-refractivity contribution in [3.8, 4) is 0 Å². The van der Waals surface area contributed by atoms with Crippen LogP contribution in [-0.4, -0.2) is 52.1 Å². The molecule has 2 aliphatic heterocycles. The lowest BCUT2D eigenvalue weighted by Gasteiger charge is -2.28. The normalized spacial score (nSPS) is 26.8. The van der Waals surface area contributed by atoms with Gasteiger partial charge in [-0.05, 0) is 47.0 Å². The van der Waals surface area contributed by atoms with E-state index in [9.17, 15) is 10.0 Å². The van der Waals surface area contributed by atoms with Gasteiger partial charge in [-0.3, -0.25) is 9.79 Å². The van der Waals surface area contributed by atoms with Crippen molar-refractivity contribution >= 4 is 33.3 Å². The smallest absolute Gasteiger partial charge is 0.220 e. The van der Waals surface area contributed by atoms with E-state index in [-0.39, 0.29) is 5.91 Å². The molecule has 0 aromatic rings. The Labute approximate surface area is 159 Å². The van der Waals surface area contributed by atoms with E-state index >= 15 is 0 Å². The third-order valence-electron chi connectivity index (χ3n) is 4.63. The number of amides is 1. The predicted molar refractivity (Wildman–Crippen MR) is 106 cm³/mol. The average molecular weight is 388 g/mol. The minimum absolute atomic E-state index is 0.0954. The van der Waals surface area contributed by atoms with Crippen LogP contribution in [0.15, 0.2) is 4.99 Å². The minimum atomic E-state index is -0.663. The van der Waals surface area contributed by atoms with Crippen LogP contribution in [0.3, 0.4) is 0 Å². The molecule has 2 N–H and O–H groups in total. The van der Waals surface area contributed by atoms with E-state index in [2.05, 4.69) is 15.6 Å². The third-order valence-corrected chi connectivity index (χ3v) is 7.64. The molecule has 2 heterocycles. The van der Waals surface area contributed by atoms with Gasteiger partial charge in [-0.2, -0.15) is 0 Å². The molecule has 6 nitrogen and oxygen atoms in total. The highest BCUT2D eigenvalue weighted by atomic mass is 33.1. The van der Waals surface area contributed by atoms with Gasteiger partial charge in [0.05, 0.1) is 6.54 Å². The lowest BCUT2D eigenvalue weighted by molar-refractivity contribution is -0.241. The van der Waals surface area contributed by atoms with Crippen molar-refractivity contribution in [2.24, 2.45) is 4.99 Å². The van der Waals surface area contributed by atoms with Crippen molar-refractivity contribution in [2.75, 3.05) is 18.8 Å². The van der Waals surface area contributed by atoms with Crippen LogP contribution in [0, 0.1) is 0 Å². The molecule has 1 radical (unpaired) electrons. The molecule has 0 saturated carbocycles. The molecule has 0 unspecified atom stereocenters. The van der Waals surface area contributed by atoms with Gasteiger partial charge in [0.2, 0.25) is 5.91 Å². The van der Waals surface area contributed by atoms with Crippen molar-refractivity contribution < 1.29 is 10.0 Å². The maximum absolute atomic E-state index is 12.2. The van der Waals surface area contributed by atoms with Crippen LogP contribution in [0.1, 0.15) is 59.8 Å². The van der Waals surface area contributed by atoms with Crippen LogP contribution in [-0.2, 0) is 10.0 Å². The van der Waals surface area contributed by atoms with Crippen LogP contribution in [0.5, 0.6) is 0 Å². The largest absolute Gasteiger partial charge is 0.354 e. The number of hydrogen-bond donors (Lipinski definition) is 2. The fraction of sp³-hybridized carbons (Fsp3) is 0.882. The maximum atomic E-state index is 12.2. The Morgan fingerprint density at radius 2 is 2.12 bits per heavy atom. The highest BCUT2D eigenvalue weighted by molar-refractivity contribution is 8.77. The molecular weight excluding hydrogens is 356 g/mol. The molecule has 2 aliphatic rings. The maximum Gasteiger partial charge on any atom is 0.220 e. The minimum Gasteiger partial charge on any atom is -0.354 e. The Balaban J connectivity index is 1.61. The van der Waals surface area contributed by atoms with Gasteiger partial charge in [0, 0.05) is 24.0 Å². The first-order valence-electron chi connectivity index (χ1n) is 9.09. The molecule has 1 amide bonds. The molecule has 1 atom stereocenters. The van der Waals surface area contributed by atoms with E-state index in [4.69, 9.17) is 0 Å². The van der Waals surface area contributed by atoms with E-state index in [1.165, 1.54) is 18.6 Å². The van der Waals surface area contributed by atoms with Gasteiger partial charge in [0.25, 0.3) is 0 Å². The second-order valence-electron chi connectivity index (χ2n) is 7.69. The summed E-state index contributed by atoms with van der Waals surface area (Å²) in [5.74, 6) is 2.05. The first-order chi connectivity index (χ1) is 11.7. The van der Waals surface area contributed by atoms with Crippen LogP contribution in [0.4, 0.5) is 0 Å². The molecular formula is C17H31N4O2S2. The fourth-order valence-corrected chi connectivity index (χ4v) is 6.22. The van der Waals surface area contributed by atoms with Crippen molar-refractivity contribution in [3.63, 3.8) is 0 Å². The summed E-state index contributed by atoms with van der Waals surface area (Å²) in [6.07, 6.45) is 5.20. The lowest BCUT2D eigenvalue weighted by atomic mass is 10.1. The van der Waals surface area contributed by atoms with Crippen molar-refractivity contribution in [1.29, 1.82) is 0 Å². The Hall–Kier alpha value is -0.440. The Bertz CT molecular complexity index is 491. The van der Waals surface area contributed by atoms with E-state index < -0.39 is 11.2 Å². The highest BCUT2D eigenvalue weighted by Gasteiger charge is 2.50. The van der Waals surface area contributed by atoms with Gasteiger partial charge in [0.15, 0.2) is 0 Å². The zero-order valence-electron chi connectivity index (χ0n) is 15.8. The predicted octanol–water partition coefficient (Wildman–Crippen LogP) is 2.98. The number of nitrogens with zero attached hydrogens (tertiary/aromatic N) is 2. The lowest BCUT2D eigenvalue weighted by Crippen LogP contribution is -2.48. The zero-order valence-corrected chi connectivity index (χ0v) is 17.4. The molecule has 8 heteroatoms.